The van der Waals surface area contributed by atoms with Gasteiger partial charge in [-0.1, -0.05) is 77.0 Å². The number of anilines is 1. The third-order valence-electron chi connectivity index (χ3n) is 5.82. The summed E-state index contributed by atoms with van der Waals surface area (Å²) in [4.78, 5) is 2.33. The van der Waals surface area contributed by atoms with Crippen molar-refractivity contribution in [3.63, 3.8) is 0 Å². The molecule has 0 aromatic heterocycles. The molecule has 0 radical (unpaired) electrons. The highest BCUT2D eigenvalue weighted by molar-refractivity contribution is 5.96. The Labute approximate surface area is 214 Å². The SMILES string of the molecule is C=CCCN(C/C(=C\C(=C)C=C)C(=N)N)c1cc(C)ccc1CC(CC)CCCC.NNCCO. The third-order valence-corrected chi connectivity index (χ3v) is 5.82. The Morgan fingerprint density at radius 3 is 2.49 bits per heavy atom. The number of aryl methyl sites for hydroxylation is 1. The number of nitrogens with zero attached hydrogens (tertiary/aromatic N) is 1. The van der Waals surface area contributed by atoms with Gasteiger partial charge >= 0.3 is 0 Å². The lowest BCUT2D eigenvalue weighted by Gasteiger charge is -2.29. The summed E-state index contributed by atoms with van der Waals surface area (Å²) in [6.07, 6.45) is 12.4. The molecule has 0 saturated heterocycles. The van der Waals surface area contributed by atoms with Crippen LogP contribution in [0.1, 0.15) is 57.1 Å². The lowest BCUT2D eigenvalue weighted by atomic mass is 9.90. The average Bonchev–Trinajstić information content (AvgIpc) is 2.85. The van der Waals surface area contributed by atoms with Crippen molar-refractivity contribution >= 4 is 11.5 Å². The quantitative estimate of drug-likeness (QED) is 0.0523. The molecule has 0 aliphatic heterocycles. The zero-order chi connectivity index (χ0) is 26.6. The van der Waals surface area contributed by atoms with Crippen molar-refractivity contribution in [2.45, 2.75) is 59.3 Å². The molecule has 0 fully saturated rings. The molecule has 6 heteroatoms. The van der Waals surface area contributed by atoms with Gasteiger partial charge in [-0.25, -0.2) is 0 Å². The molecule has 0 aliphatic rings. The van der Waals surface area contributed by atoms with E-state index in [-0.39, 0.29) is 12.4 Å². The molecule has 0 saturated carbocycles. The predicted octanol–water partition coefficient (Wildman–Crippen LogP) is 5.18. The Balaban J connectivity index is 0.00000209. The predicted molar refractivity (Wildman–Crippen MR) is 154 cm³/mol. The molecule has 0 spiro atoms. The van der Waals surface area contributed by atoms with E-state index in [1.165, 1.54) is 42.5 Å². The van der Waals surface area contributed by atoms with Crippen molar-refractivity contribution in [3.05, 3.63) is 78.4 Å². The summed E-state index contributed by atoms with van der Waals surface area (Å²) in [5.74, 6) is 5.49. The molecule has 0 bridgehead atoms. The number of allylic oxidation sites excluding steroid dienone is 3. The van der Waals surface area contributed by atoms with Gasteiger partial charge < -0.3 is 15.7 Å². The van der Waals surface area contributed by atoms with Gasteiger partial charge in [0.05, 0.1) is 6.61 Å². The zero-order valence-electron chi connectivity index (χ0n) is 22.3. The number of hydrazine groups is 1. The maximum Gasteiger partial charge on any atom is 0.120 e. The minimum absolute atomic E-state index is 0.0742. The first-order valence-electron chi connectivity index (χ1n) is 12.6. The van der Waals surface area contributed by atoms with Gasteiger partial charge in [0.1, 0.15) is 5.84 Å². The summed E-state index contributed by atoms with van der Waals surface area (Å²) in [7, 11) is 0. The summed E-state index contributed by atoms with van der Waals surface area (Å²) < 4.78 is 0. The van der Waals surface area contributed by atoms with Crippen LogP contribution in [0.15, 0.2) is 67.3 Å². The zero-order valence-corrected chi connectivity index (χ0v) is 22.3. The van der Waals surface area contributed by atoms with Crippen LogP contribution < -0.4 is 21.9 Å². The Hall–Kier alpha value is -2.67. The lowest BCUT2D eigenvalue weighted by molar-refractivity contribution is 0.293. The number of aliphatic hydroxyl groups is 1. The fourth-order valence-electron chi connectivity index (χ4n) is 3.69. The van der Waals surface area contributed by atoms with Gasteiger partial charge in [0, 0.05) is 30.9 Å². The Kier molecular flexibility index (Phi) is 18.1. The molecule has 1 unspecified atom stereocenters. The van der Waals surface area contributed by atoms with E-state index in [0.717, 1.165) is 30.5 Å². The van der Waals surface area contributed by atoms with Crippen molar-refractivity contribution in [1.29, 1.82) is 5.41 Å². The van der Waals surface area contributed by atoms with Gasteiger partial charge in [-0.3, -0.25) is 16.7 Å². The summed E-state index contributed by atoms with van der Waals surface area (Å²) >= 11 is 0. The van der Waals surface area contributed by atoms with Gasteiger partial charge in [0.25, 0.3) is 0 Å². The molecular weight excluding hydrogens is 434 g/mol. The first-order valence-corrected chi connectivity index (χ1v) is 12.6. The van der Waals surface area contributed by atoms with Crippen molar-refractivity contribution in [2.24, 2.45) is 17.5 Å². The second-order valence-corrected chi connectivity index (χ2v) is 8.79. The number of unbranched alkanes of at least 4 members (excludes halogenated alkanes) is 1. The van der Waals surface area contributed by atoms with Gasteiger partial charge in [-0.15, -0.1) is 6.58 Å². The van der Waals surface area contributed by atoms with E-state index in [9.17, 15) is 0 Å². The average molecular weight is 484 g/mol. The van der Waals surface area contributed by atoms with Crippen molar-refractivity contribution in [2.75, 3.05) is 31.1 Å². The van der Waals surface area contributed by atoms with E-state index >= 15 is 0 Å². The lowest BCUT2D eigenvalue weighted by Crippen LogP contribution is -2.32. The molecular formula is C29H49N5O. The first kappa shape index (κ1) is 32.3. The smallest absolute Gasteiger partial charge is 0.120 e. The van der Waals surface area contributed by atoms with Crippen LogP contribution in [0.2, 0.25) is 0 Å². The van der Waals surface area contributed by atoms with Gasteiger partial charge in [0.15, 0.2) is 0 Å². The van der Waals surface area contributed by atoms with E-state index in [1.54, 1.807) is 6.08 Å². The second-order valence-electron chi connectivity index (χ2n) is 8.79. The summed E-state index contributed by atoms with van der Waals surface area (Å²) in [6, 6.07) is 6.75. The number of hydrogen-bond acceptors (Lipinski definition) is 5. The summed E-state index contributed by atoms with van der Waals surface area (Å²) in [5.41, 5.74) is 13.6. The molecule has 35 heavy (non-hydrogen) atoms. The maximum absolute atomic E-state index is 8.05. The third kappa shape index (κ3) is 13.7. The van der Waals surface area contributed by atoms with Gasteiger partial charge in [-0.05, 0) is 54.5 Å². The fraction of sp³-hybridized carbons (Fsp3) is 0.483. The van der Waals surface area contributed by atoms with Crippen LogP contribution in [-0.4, -0.2) is 37.2 Å². The minimum atomic E-state index is 0.0742. The monoisotopic (exact) mass is 483 g/mol. The summed E-state index contributed by atoms with van der Waals surface area (Å²) in [5, 5.41) is 16.0. The number of aliphatic hydroxyl groups excluding tert-OH is 1. The minimum Gasteiger partial charge on any atom is -0.395 e. The van der Waals surface area contributed by atoms with Crippen molar-refractivity contribution in [1.82, 2.24) is 5.43 Å². The molecule has 0 heterocycles. The van der Waals surface area contributed by atoms with E-state index in [0.29, 0.717) is 19.0 Å². The van der Waals surface area contributed by atoms with Gasteiger partial charge in [0.2, 0.25) is 0 Å². The topological polar surface area (TPSA) is 111 Å². The van der Waals surface area contributed by atoms with Crippen molar-refractivity contribution in [3.8, 4) is 0 Å². The van der Waals surface area contributed by atoms with Crippen LogP contribution >= 0.6 is 0 Å². The van der Waals surface area contributed by atoms with Crippen LogP contribution in [0.4, 0.5) is 5.69 Å². The highest BCUT2D eigenvalue weighted by Gasteiger charge is 2.17. The maximum atomic E-state index is 8.05. The number of benzene rings is 1. The molecule has 0 aliphatic carbocycles. The highest BCUT2D eigenvalue weighted by Crippen LogP contribution is 2.29. The molecule has 1 rings (SSSR count). The number of hydrogen-bond donors (Lipinski definition) is 5. The van der Waals surface area contributed by atoms with Gasteiger partial charge in [-0.2, -0.15) is 0 Å². The van der Waals surface area contributed by atoms with Crippen LogP contribution in [0.3, 0.4) is 0 Å². The largest absolute Gasteiger partial charge is 0.395 e. The number of amidine groups is 1. The number of nitrogens with two attached hydrogens (primary N) is 2. The van der Waals surface area contributed by atoms with E-state index in [1.807, 2.05) is 12.2 Å². The molecule has 7 N–H and O–H groups in total. The Morgan fingerprint density at radius 1 is 1.29 bits per heavy atom. The molecule has 1 aromatic rings. The standard InChI is InChI=1S/C27H41N3.C2H8N2O/c1-7-11-13-23(10-4)19-24-15-14-22(6)18-26(24)30(16-12-8-2)20-25(27(28)29)17-21(5)9-3;3-4-1-2-5/h8-9,14-15,17-18,23H,2-3,5,7,10-13,16,19-20H2,1,4,6H3,(H3,28,29);4-5H,1-3H2/b25-17+;. The molecule has 6 nitrogen and oxygen atoms in total. The van der Waals surface area contributed by atoms with Crippen LogP contribution in [0.5, 0.6) is 0 Å². The first-order chi connectivity index (χ1) is 16.8. The number of rotatable bonds is 17. The van der Waals surface area contributed by atoms with E-state index in [2.05, 4.69) is 69.0 Å². The van der Waals surface area contributed by atoms with E-state index < -0.39 is 0 Å². The van der Waals surface area contributed by atoms with Crippen LogP contribution in [0, 0.1) is 18.3 Å². The Morgan fingerprint density at radius 2 is 2.00 bits per heavy atom. The second kappa shape index (κ2) is 19.6. The highest BCUT2D eigenvalue weighted by atomic mass is 16.3. The van der Waals surface area contributed by atoms with Crippen molar-refractivity contribution < 1.29 is 5.11 Å². The Bertz CT molecular complexity index is 813. The van der Waals surface area contributed by atoms with E-state index in [4.69, 9.17) is 22.1 Å². The molecule has 1 aromatic carbocycles. The van der Waals surface area contributed by atoms with Crippen LogP contribution in [-0.2, 0) is 6.42 Å². The summed E-state index contributed by atoms with van der Waals surface area (Å²) in [6.45, 7) is 20.3. The normalized spacial score (nSPS) is 11.7. The number of nitrogens with one attached hydrogen (secondary N) is 2. The molecule has 196 valence electrons. The van der Waals surface area contributed by atoms with Crippen LogP contribution in [0.25, 0.3) is 0 Å². The molecule has 0 amide bonds. The molecule has 1 atom stereocenters. The fourth-order valence-corrected chi connectivity index (χ4v) is 3.69.